The predicted molar refractivity (Wildman–Crippen MR) is 135 cm³/mol. The molecular formula is C25H32ClFN4O2S. The number of carbonyl (C=O) groups excluding carboxylic acids is 2. The van der Waals surface area contributed by atoms with E-state index in [2.05, 4.69) is 15.6 Å². The van der Waals surface area contributed by atoms with Crippen LogP contribution >= 0.6 is 22.9 Å². The molecule has 184 valence electrons. The van der Waals surface area contributed by atoms with E-state index in [9.17, 15) is 14.0 Å². The Morgan fingerprint density at radius 2 is 2.09 bits per heavy atom. The van der Waals surface area contributed by atoms with Crippen LogP contribution in [0.1, 0.15) is 68.5 Å². The van der Waals surface area contributed by atoms with Crippen molar-refractivity contribution in [2.75, 3.05) is 10.2 Å². The van der Waals surface area contributed by atoms with Gasteiger partial charge in [-0.05, 0) is 57.2 Å². The summed E-state index contributed by atoms with van der Waals surface area (Å²) in [5.74, 6) is 0.240. The highest BCUT2D eigenvalue weighted by Crippen LogP contribution is 2.36. The van der Waals surface area contributed by atoms with Crippen molar-refractivity contribution < 1.29 is 14.0 Å². The summed E-state index contributed by atoms with van der Waals surface area (Å²) in [4.78, 5) is 32.3. The summed E-state index contributed by atoms with van der Waals surface area (Å²) < 4.78 is 13.3. The molecule has 2 fully saturated rings. The highest BCUT2D eigenvalue weighted by molar-refractivity contribution is 7.16. The number of rotatable bonds is 10. The van der Waals surface area contributed by atoms with Gasteiger partial charge < -0.3 is 10.6 Å². The number of nitrogens with zero attached hydrogens (tertiary/aromatic N) is 2. The third-order valence-electron chi connectivity index (χ3n) is 6.93. The maximum atomic E-state index is 13.3. The molecular weight excluding hydrogens is 475 g/mol. The first-order valence-corrected chi connectivity index (χ1v) is 13.2. The van der Waals surface area contributed by atoms with E-state index in [0.717, 1.165) is 53.4 Å². The lowest BCUT2D eigenvalue weighted by molar-refractivity contribution is -0.125. The number of anilines is 2. The molecule has 9 heteroatoms. The Bertz CT molecular complexity index is 1010. The zero-order chi connectivity index (χ0) is 24.2. The molecule has 4 rings (SSSR count). The van der Waals surface area contributed by atoms with Crippen molar-refractivity contribution in [1.82, 2.24) is 10.3 Å². The lowest BCUT2D eigenvalue weighted by Gasteiger charge is -2.34. The topological polar surface area (TPSA) is 74.3 Å². The van der Waals surface area contributed by atoms with Crippen LogP contribution in [0.25, 0.3) is 0 Å². The molecule has 2 aromatic rings. The van der Waals surface area contributed by atoms with Gasteiger partial charge in [0.05, 0.1) is 27.4 Å². The summed E-state index contributed by atoms with van der Waals surface area (Å²) in [6, 6.07) is 4.95. The summed E-state index contributed by atoms with van der Waals surface area (Å²) in [6.07, 6.45) is 7.36. The standard InChI is InChI=1S/C25H32ClFN4O2S/c1-15-21(10-18(26)13-28-15)29-16(2)23-7-8-24(34-23)31(14-32)22(9-17-5-3-4-6-17)25(33)30-20-11-19(27)12-20/h7-8,10,13-14,16-17,19-20,22,29H,3-6,9,11-12H2,1-2H3,(H,30,33)/t16-,19?,20?,22-/m0/s1. The van der Waals surface area contributed by atoms with Gasteiger partial charge in [0.25, 0.3) is 0 Å². The number of amides is 2. The minimum absolute atomic E-state index is 0.0372. The summed E-state index contributed by atoms with van der Waals surface area (Å²) in [7, 11) is 0. The smallest absolute Gasteiger partial charge is 0.243 e. The van der Waals surface area contributed by atoms with Gasteiger partial charge in [-0.3, -0.25) is 19.5 Å². The normalized spacial score (nSPS) is 22.0. The first-order valence-electron chi connectivity index (χ1n) is 12.0. The van der Waals surface area contributed by atoms with Gasteiger partial charge in [0.15, 0.2) is 0 Å². The van der Waals surface area contributed by atoms with Crippen LogP contribution in [0.3, 0.4) is 0 Å². The molecule has 0 saturated heterocycles. The van der Waals surface area contributed by atoms with Crippen molar-refractivity contribution in [3.63, 3.8) is 0 Å². The quantitative estimate of drug-likeness (QED) is 0.399. The minimum atomic E-state index is -0.840. The summed E-state index contributed by atoms with van der Waals surface area (Å²) in [5.41, 5.74) is 1.70. The molecule has 34 heavy (non-hydrogen) atoms. The van der Waals surface area contributed by atoms with Crippen LogP contribution in [0.4, 0.5) is 15.1 Å². The number of hydrogen-bond donors (Lipinski definition) is 2. The van der Waals surface area contributed by atoms with Crippen molar-refractivity contribution in [1.29, 1.82) is 0 Å². The third kappa shape index (κ3) is 5.89. The Labute approximate surface area is 209 Å². The summed E-state index contributed by atoms with van der Waals surface area (Å²) in [5, 5.41) is 7.70. The van der Waals surface area contributed by atoms with E-state index in [-0.39, 0.29) is 18.0 Å². The molecule has 0 spiro atoms. The molecule has 0 aliphatic heterocycles. The van der Waals surface area contributed by atoms with Crippen molar-refractivity contribution in [3.8, 4) is 0 Å². The van der Waals surface area contributed by atoms with Crippen molar-refractivity contribution in [2.45, 2.75) is 83.1 Å². The van der Waals surface area contributed by atoms with Gasteiger partial charge in [0, 0.05) is 17.1 Å². The molecule has 0 aromatic carbocycles. The predicted octanol–water partition coefficient (Wildman–Crippen LogP) is 5.81. The van der Waals surface area contributed by atoms with E-state index in [1.165, 1.54) is 11.3 Å². The zero-order valence-electron chi connectivity index (χ0n) is 19.6. The molecule has 2 saturated carbocycles. The molecule has 2 heterocycles. The fraction of sp³-hybridized carbons (Fsp3) is 0.560. The van der Waals surface area contributed by atoms with Crippen molar-refractivity contribution in [2.24, 2.45) is 5.92 Å². The van der Waals surface area contributed by atoms with Crippen LogP contribution in [0, 0.1) is 12.8 Å². The van der Waals surface area contributed by atoms with Gasteiger partial charge in [-0.2, -0.15) is 0 Å². The Morgan fingerprint density at radius 1 is 1.35 bits per heavy atom. The first-order chi connectivity index (χ1) is 16.3. The third-order valence-corrected chi connectivity index (χ3v) is 8.42. The monoisotopic (exact) mass is 506 g/mol. The maximum Gasteiger partial charge on any atom is 0.243 e. The number of pyridine rings is 1. The fourth-order valence-corrected chi connectivity index (χ4v) is 6.01. The van der Waals surface area contributed by atoms with E-state index < -0.39 is 12.2 Å². The Kier molecular flexibility index (Phi) is 8.09. The molecule has 0 bridgehead atoms. The van der Waals surface area contributed by atoms with E-state index in [4.69, 9.17) is 11.6 Å². The number of aryl methyl sites for hydroxylation is 1. The van der Waals surface area contributed by atoms with Crippen molar-refractivity contribution >= 4 is 45.9 Å². The maximum absolute atomic E-state index is 13.3. The second-order valence-electron chi connectivity index (χ2n) is 9.52. The molecule has 2 aliphatic carbocycles. The van der Waals surface area contributed by atoms with Crippen molar-refractivity contribution in [3.05, 3.63) is 40.0 Å². The largest absolute Gasteiger partial charge is 0.376 e. The van der Waals surface area contributed by atoms with E-state index in [1.807, 2.05) is 32.0 Å². The van der Waals surface area contributed by atoms with Gasteiger partial charge in [0.2, 0.25) is 12.3 Å². The first kappa shape index (κ1) is 24.9. The average Bonchev–Trinajstić information content (AvgIpc) is 3.47. The molecule has 2 atom stereocenters. The van der Waals surface area contributed by atoms with E-state index >= 15 is 0 Å². The van der Waals surface area contributed by atoms with Gasteiger partial charge in [-0.15, -0.1) is 11.3 Å². The molecule has 2 N–H and O–H groups in total. The van der Waals surface area contributed by atoms with Crippen LogP contribution in [-0.4, -0.2) is 35.6 Å². The van der Waals surface area contributed by atoms with Crippen LogP contribution in [0.2, 0.25) is 5.02 Å². The Hall–Kier alpha value is -2.19. The SMILES string of the molecule is Cc1ncc(Cl)cc1N[C@@H](C)c1ccc(N(C=O)[C@@H](CC2CCCC2)C(=O)NC2CC(F)C2)s1. The lowest BCUT2D eigenvalue weighted by Crippen LogP contribution is -2.53. The Balaban J connectivity index is 1.50. The second-order valence-corrected chi connectivity index (χ2v) is 11.0. The lowest BCUT2D eigenvalue weighted by atomic mass is 9.90. The van der Waals surface area contributed by atoms with Crippen LogP contribution in [0.15, 0.2) is 24.4 Å². The van der Waals surface area contributed by atoms with Gasteiger partial charge >= 0.3 is 0 Å². The summed E-state index contributed by atoms with van der Waals surface area (Å²) >= 11 is 7.58. The van der Waals surface area contributed by atoms with Crippen LogP contribution < -0.4 is 15.5 Å². The van der Waals surface area contributed by atoms with Crippen LogP contribution in [0.5, 0.6) is 0 Å². The number of carbonyl (C=O) groups is 2. The molecule has 0 unspecified atom stereocenters. The van der Waals surface area contributed by atoms with E-state index in [1.54, 1.807) is 11.1 Å². The molecule has 6 nitrogen and oxygen atoms in total. The fourth-order valence-electron chi connectivity index (χ4n) is 4.82. The number of aromatic nitrogens is 1. The van der Waals surface area contributed by atoms with Gasteiger partial charge in [-0.1, -0.05) is 37.3 Å². The van der Waals surface area contributed by atoms with E-state index in [0.29, 0.717) is 30.2 Å². The number of halogens is 2. The molecule has 2 aliphatic rings. The Morgan fingerprint density at radius 3 is 2.76 bits per heavy atom. The number of hydrogen-bond acceptors (Lipinski definition) is 5. The zero-order valence-corrected chi connectivity index (χ0v) is 21.2. The van der Waals surface area contributed by atoms with Gasteiger partial charge in [-0.25, -0.2) is 4.39 Å². The van der Waals surface area contributed by atoms with Crippen LogP contribution in [-0.2, 0) is 9.59 Å². The average molecular weight is 507 g/mol. The number of thiophene rings is 1. The summed E-state index contributed by atoms with van der Waals surface area (Å²) in [6.45, 7) is 3.95. The molecule has 0 radical (unpaired) electrons. The molecule has 2 amide bonds. The highest BCUT2D eigenvalue weighted by atomic mass is 35.5. The molecule has 2 aromatic heterocycles. The van der Waals surface area contributed by atoms with Gasteiger partial charge in [0.1, 0.15) is 12.2 Å². The minimum Gasteiger partial charge on any atom is -0.376 e. The highest BCUT2D eigenvalue weighted by Gasteiger charge is 2.36. The second kappa shape index (κ2) is 11.0. The number of nitrogens with one attached hydrogen (secondary N) is 2. The number of alkyl halides is 1.